The SMILES string of the molecule is CC(C)(C)OC(=O)C(F)=C[C@@H]1C(C)(C)[C@]1(CC1=S(C(F)(F)F)C(=O)N(c2ccccc2)C1)C(=O)O. The predicted molar refractivity (Wildman–Crippen MR) is 125 cm³/mol. The zero-order chi connectivity index (χ0) is 26.6. The fraction of sp³-hybridized carbons (Fsp3) is 0.500. The van der Waals surface area contributed by atoms with E-state index >= 15 is 0 Å². The van der Waals surface area contributed by atoms with Gasteiger partial charge in [0.15, 0.2) is 0 Å². The van der Waals surface area contributed by atoms with E-state index in [2.05, 4.69) is 0 Å². The molecule has 1 amide bonds. The summed E-state index contributed by atoms with van der Waals surface area (Å²) in [5.74, 6) is -5.11. The topological polar surface area (TPSA) is 83.9 Å². The van der Waals surface area contributed by atoms with Crippen molar-refractivity contribution in [3.63, 3.8) is 0 Å². The number of nitrogens with zero attached hydrogens (tertiary/aromatic N) is 1. The van der Waals surface area contributed by atoms with Crippen LogP contribution >= 0.6 is 10.5 Å². The summed E-state index contributed by atoms with van der Waals surface area (Å²) in [7, 11) is -2.83. The molecule has 0 bridgehead atoms. The molecule has 1 saturated carbocycles. The third-order valence-electron chi connectivity index (χ3n) is 6.46. The van der Waals surface area contributed by atoms with E-state index in [0.717, 1.165) is 11.0 Å². The number of rotatable bonds is 6. The highest BCUT2D eigenvalue weighted by molar-refractivity contribution is 8.29. The van der Waals surface area contributed by atoms with Gasteiger partial charge in [-0.3, -0.25) is 14.5 Å². The van der Waals surface area contributed by atoms with Crippen LogP contribution in [0, 0.1) is 16.7 Å². The van der Waals surface area contributed by atoms with Crippen molar-refractivity contribution in [2.45, 2.75) is 52.1 Å². The minimum absolute atomic E-state index is 0.265. The molecule has 0 aromatic heterocycles. The van der Waals surface area contributed by atoms with Gasteiger partial charge in [-0.25, -0.2) is 4.79 Å². The molecule has 0 saturated heterocycles. The maximum atomic E-state index is 14.6. The lowest BCUT2D eigenvalue weighted by atomic mass is 9.90. The normalized spacial score (nSPS) is 26.7. The van der Waals surface area contributed by atoms with Gasteiger partial charge < -0.3 is 9.84 Å². The van der Waals surface area contributed by atoms with Crippen LogP contribution in [-0.4, -0.2) is 44.8 Å². The summed E-state index contributed by atoms with van der Waals surface area (Å²) in [5.41, 5.74) is -8.64. The molecule has 6 nitrogen and oxygen atoms in total. The van der Waals surface area contributed by atoms with E-state index in [1.807, 2.05) is 0 Å². The van der Waals surface area contributed by atoms with Crippen LogP contribution in [0.4, 0.5) is 28.0 Å². The molecule has 35 heavy (non-hydrogen) atoms. The van der Waals surface area contributed by atoms with E-state index in [1.165, 1.54) is 46.8 Å². The van der Waals surface area contributed by atoms with E-state index in [-0.39, 0.29) is 10.6 Å². The number of ether oxygens (including phenoxy) is 1. The number of carboxylic acid groups (broad SMARTS) is 1. The van der Waals surface area contributed by atoms with Crippen LogP contribution in [-0.2, 0) is 14.3 Å². The van der Waals surface area contributed by atoms with Gasteiger partial charge in [0.1, 0.15) is 5.60 Å². The van der Waals surface area contributed by atoms with Gasteiger partial charge in [0.2, 0.25) is 5.83 Å². The molecule has 1 N–H and O–H groups in total. The highest BCUT2D eigenvalue weighted by Gasteiger charge is 2.75. The Morgan fingerprint density at radius 3 is 2.26 bits per heavy atom. The molecule has 2 aliphatic rings. The number of carbonyl (C=O) groups is 3. The highest BCUT2D eigenvalue weighted by Crippen LogP contribution is 2.72. The van der Waals surface area contributed by atoms with Crippen molar-refractivity contribution in [2.75, 3.05) is 11.4 Å². The maximum absolute atomic E-state index is 14.6. The van der Waals surface area contributed by atoms with Crippen molar-refractivity contribution >= 4 is 38.2 Å². The molecular formula is C24H27F4NO5S. The van der Waals surface area contributed by atoms with Gasteiger partial charge in [-0.15, -0.1) is 0 Å². The maximum Gasteiger partial charge on any atom is 0.445 e. The van der Waals surface area contributed by atoms with Crippen LogP contribution in [0.25, 0.3) is 0 Å². The zero-order valence-electron chi connectivity index (χ0n) is 19.9. The number of aliphatic carboxylic acids is 1. The first-order valence-corrected chi connectivity index (χ1v) is 12.0. The Kier molecular flexibility index (Phi) is 6.73. The largest absolute Gasteiger partial charge is 0.481 e. The third-order valence-corrected chi connectivity index (χ3v) is 8.34. The number of carboxylic acids is 1. The van der Waals surface area contributed by atoms with Gasteiger partial charge >= 0.3 is 17.4 Å². The Labute approximate surface area is 202 Å². The van der Waals surface area contributed by atoms with Crippen LogP contribution in [0.3, 0.4) is 0 Å². The number of carbonyl (C=O) groups excluding carboxylic acids is 2. The Balaban J connectivity index is 2.00. The van der Waals surface area contributed by atoms with Crippen LogP contribution < -0.4 is 4.90 Å². The van der Waals surface area contributed by atoms with Crippen LogP contribution in [0.1, 0.15) is 41.0 Å². The summed E-state index contributed by atoms with van der Waals surface area (Å²) < 4.78 is 61.5. The summed E-state index contributed by atoms with van der Waals surface area (Å²) in [6.07, 6.45) is 0.232. The summed E-state index contributed by atoms with van der Waals surface area (Å²) in [4.78, 5) is 38.0. The third kappa shape index (κ3) is 4.87. The molecule has 3 atom stereocenters. The Morgan fingerprint density at radius 1 is 1.20 bits per heavy atom. The summed E-state index contributed by atoms with van der Waals surface area (Å²) in [6.45, 7) is 7.18. The number of anilines is 1. The minimum Gasteiger partial charge on any atom is -0.481 e. The number of esters is 1. The molecule has 0 radical (unpaired) electrons. The number of halogens is 4. The quantitative estimate of drug-likeness (QED) is 0.220. The van der Waals surface area contributed by atoms with E-state index < -0.39 is 74.3 Å². The smallest absolute Gasteiger partial charge is 0.445 e. The molecule has 1 fully saturated rings. The molecule has 1 unspecified atom stereocenters. The zero-order valence-corrected chi connectivity index (χ0v) is 20.7. The van der Waals surface area contributed by atoms with E-state index in [4.69, 9.17) is 4.74 Å². The number of amides is 1. The van der Waals surface area contributed by atoms with Crippen molar-refractivity contribution in [2.24, 2.45) is 16.7 Å². The standard InChI is InChI=1S/C24H27F4NO5S/c1-21(2,3)34-18(30)16(25)11-17-22(4,5)23(17,19(31)32)12-15-13-29(14-9-7-6-8-10-14)20(33)35(15)24(26,27)28/h6-11,17H,12-13H2,1-5H3,(H,31,32)/t17-,23+,35?/m1/s1. The number of para-hydroxylation sites is 1. The molecule has 1 aliphatic carbocycles. The predicted octanol–water partition coefficient (Wildman–Crippen LogP) is 5.90. The van der Waals surface area contributed by atoms with Crippen molar-refractivity contribution < 1.29 is 41.8 Å². The molecule has 1 heterocycles. The first-order chi connectivity index (χ1) is 15.9. The number of alkyl halides is 3. The highest BCUT2D eigenvalue weighted by atomic mass is 32.2. The van der Waals surface area contributed by atoms with Crippen molar-refractivity contribution in [1.82, 2.24) is 0 Å². The molecule has 192 valence electrons. The monoisotopic (exact) mass is 517 g/mol. The first kappa shape index (κ1) is 26.9. The molecule has 1 aliphatic heterocycles. The van der Waals surface area contributed by atoms with Gasteiger partial charge in [0.05, 0.1) is 12.0 Å². The van der Waals surface area contributed by atoms with Gasteiger partial charge in [0.25, 0.3) is 5.24 Å². The number of hydrogen-bond donors (Lipinski definition) is 1. The summed E-state index contributed by atoms with van der Waals surface area (Å²) >= 11 is 0. The Hall–Kier alpha value is -2.69. The van der Waals surface area contributed by atoms with Crippen molar-refractivity contribution in [1.29, 1.82) is 0 Å². The van der Waals surface area contributed by atoms with Crippen LogP contribution in [0.2, 0.25) is 0 Å². The summed E-state index contributed by atoms with van der Waals surface area (Å²) in [5, 5.41) is 8.93. The lowest BCUT2D eigenvalue weighted by Gasteiger charge is -2.19. The lowest BCUT2D eigenvalue weighted by molar-refractivity contribution is -0.152. The van der Waals surface area contributed by atoms with Gasteiger partial charge in [0, 0.05) is 22.1 Å². The fourth-order valence-electron chi connectivity index (χ4n) is 4.65. The number of benzene rings is 1. The molecule has 1 aromatic carbocycles. The first-order valence-electron chi connectivity index (χ1n) is 10.8. The van der Waals surface area contributed by atoms with Gasteiger partial charge in [-0.2, -0.15) is 17.6 Å². The summed E-state index contributed by atoms with van der Waals surface area (Å²) in [6, 6.07) is 7.80. The minimum atomic E-state index is -4.90. The second kappa shape index (κ2) is 8.76. The average molecular weight is 518 g/mol. The Morgan fingerprint density at radius 2 is 1.77 bits per heavy atom. The number of hydrogen-bond acceptors (Lipinski definition) is 4. The van der Waals surface area contributed by atoms with Crippen LogP contribution in [0.5, 0.6) is 0 Å². The molecule has 0 spiro atoms. The van der Waals surface area contributed by atoms with Gasteiger partial charge in [-0.05, 0) is 55.7 Å². The van der Waals surface area contributed by atoms with E-state index in [9.17, 15) is 37.1 Å². The fourth-order valence-corrected chi connectivity index (χ4v) is 6.45. The van der Waals surface area contributed by atoms with E-state index in [1.54, 1.807) is 18.2 Å². The Bertz CT molecular complexity index is 1120. The van der Waals surface area contributed by atoms with Crippen LogP contribution in [0.15, 0.2) is 42.2 Å². The number of allylic oxidation sites excluding steroid dienone is 1. The van der Waals surface area contributed by atoms with Gasteiger partial charge in [-0.1, -0.05) is 32.0 Å². The second-order valence-electron chi connectivity index (χ2n) is 10.1. The molecule has 3 rings (SSSR count). The van der Waals surface area contributed by atoms with Crippen molar-refractivity contribution in [3.05, 3.63) is 42.2 Å². The van der Waals surface area contributed by atoms with E-state index in [0.29, 0.717) is 0 Å². The molecular weight excluding hydrogens is 490 g/mol. The van der Waals surface area contributed by atoms with Crippen molar-refractivity contribution in [3.8, 4) is 0 Å². The molecule has 11 heteroatoms. The molecule has 1 aromatic rings. The average Bonchev–Trinajstić information content (AvgIpc) is 2.99. The second-order valence-corrected chi connectivity index (χ2v) is 12.1. The lowest BCUT2D eigenvalue weighted by Crippen LogP contribution is -2.30.